The molecular weight excluding hydrogens is 359 g/mol. The Morgan fingerprint density at radius 1 is 1.04 bits per heavy atom. The number of methoxy groups -OCH3 is 1. The van der Waals surface area contributed by atoms with E-state index in [1.165, 1.54) is 12.1 Å². The summed E-state index contributed by atoms with van der Waals surface area (Å²) in [6, 6.07) is 17.2. The van der Waals surface area contributed by atoms with E-state index in [0.29, 0.717) is 25.3 Å². The smallest absolute Gasteiger partial charge is 0.271 e. The van der Waals surface area contributed by atoms with Crippen LogP contribution >= 0.6 is 0 Å². The highest BCUT2D eigenvalue weighted by molar-refractivity contribution is 5.92. The Morgan fingerprint density at radius 2 is 1.82 bits per heavy atom. The highest BCUT2D eigenvalue weighted by Crippen LogP contribution is 2.17. The van der Waals surface area contributed by atoms with Gasteiger partial charge in [-0.15, -0.1) is 10.2 Å². The number of carbonyl (C=O) groups excluding carboxylic acids is 1. The van der Waals surface area contributed by atoms with Gasteiger partial charge in [0.05, 0.1) is 7.11 Å². The number of para-hydroxylation sites is 1. The van der Waals surface area contributed by atoms with Crippen molar-refractivity contribution in [1.29, 1.82) is 0 Å². The van der Waals surface area contributed by atoms with E-state index in [1.54, 1.807) is 31.4 Å². The zero-order valence-electron chi connectivity index (χ0n) is 15.5. The Labute approximate surface area is 162 Å². The molecule has 144 valence electrons. The van der Waals surface area contributed by atoms with Crippen LogP contribution in [0.1, 0.15) is 21.6 Å². The molecule has 0 saturated heterocycles. The predicted molar refractivity (Wildman–Crippen MR) is 105 cm³/mol. The molecule has 0 radical (unpaired) electrons. The van der Waals surface area contributed by atoms with Crippen LogP contribution < -0.4 is 15.4 Å². The molecule has 1 aromatic heterocycles. The molecule has 0 aliphatic rings. The van der Waals surface area contributed by atoms with Crippen molar-refractivity contribution < 1.29 is 13.9 Å². The van der Waals surface area contributed by atoms with E-state index in [4.69, 9.17) is 4.74 Å². The van der Waals surface area contributed by atoms with Crippen LogP contribution in [-0.2, 0) is 13.0 Å². The third-order valence-electron chi connectivity index (χ3n) is 4.16. The Hall–Kier alpha value is -3.48. The number of nitrogens with zero attached hydrogens (tertiary/aromatic N) is 2. The molecule has 1 heterocycles. The van der Waals surface area contributed by atoms with Gasteiger partial charge in [-0.05, 0) is 47.9 Å². The fraction of sp³-hybridized carbons (Fsp3) is 0.190. The molecule has 3 rings (SSSR count). The van der Waals surface area contributed by atoms with Crippen LogP contribution in [0.5, 0.6) is 5.75 Å². The van der Waals surface area contributed by atoms with Crippen LogP contribution in [0.2, 0.25) is 0 Å². The normalized spacial score (nSPS) is 10.4. The monoisotopic (exact) mass is 380 g/mol. The fourth-order valence-corrected chi connectivity index (χ4v) is 2.65. The van der Waals surface area contributed by atoms with E-state index in [2.05, 4.69) is 20.8 Å². The van der Waals surface area contributed by atoms with E-state index in [0.717, 1.165) is 16.9 Å². The predicted octanol–water partition coefficient (Wildman–Crippen LogP) is 3.21. The fourth-order valence-electron chi connectivity index (χ4n) is 2.65. The number of halogens is 1. The standard InChI is InChI=1S/C21H21FN4O2/c1-28-19-5-3-2-4-16(19)12-13-23-21(27)18-10-11-20(26-25-18)24-14-15-6-8-17(22)9-7-15/h2-11H,12-14H2,1H3,(H,23,27)(H,24,26). The SMILES string of the molecule is COc1ccccc1CCNC(=O)c1ccc(NCc2ccc(F)cc2)nn1. The minimum atomic E-state index is -0.285. The molecule has 0 atom stereocenters. The third kappa shape index (κ3) is 5.26. The van der Waals surface area contributed by atoms with Crippen LogP contribution in [0, 0.1) is 5.82 Å². The van der Waals surface area contributed by atoms with Crippen LogP contribution in [0.4, 0.5) is 10.2 Å². The summed E-state index contributed by atoms with van der Waals surface area (Å²) >= 11 is 0. The van der Waals surface area contributed by atoms with E-state index in [1.807, 2.05) is 24.3 Å². The lowest BCUT2D eigenvalue weighted by Gasteiger charge is -2.09. The molecule has 3 aromatic rings. The van der Waals surface area contributed by atoms with Gasteiger partial charge in [-0.3, -0.25) is 4.79 Å². The minimum Gasteiger partial charge on any atom is -0.496 e. The number of hydrogen-bond acceptors (Lipinski definition) is 5. The summed E-state index contributed by atoms with van der Waals surface area (Å²) in [6.07, 6.45) is 0.653. The van der Waals surface area contributed by atoms with Gasteiger partial charge in [0.2, 0.25) is 0 Å². The molecule has 6 nitrogen and oxygen atoms in total. The largest absolute Gasteiger partial charge is 0.496 e. The first-order chi connectivity index (χ1) is 13.7. The molecule has 0 fully saturated rings. The van der Waals surface area contributed by atoms with E-state index < -0.39 is 0 Å². The lowest BCUT2D eigenvalue weighted by atomic mass is 10.1. The quantitative estimate of drug-likeness (QED) is 0.628. The van der Waals surface area contributed by atoms with Crippen molar-refractivity contribution in [3.05, 3.63) is 83.3 Å². The lowest BCUT2D eigenvalue weighted by molar-refractivity contribution is 0.0948. The minimum absolute atomic E-state index is 0.243. The Bertz CT molecular complexity index is 914. The van der Waals surface area contributed by atoms with Gasteiger partial charge in [0.1, 0.15) is 17.4 Å². The molecule has 2 aromatic carbocycles. The number of rotatable bonds is 8. The maximum atomic E-state index is 12.9. The zero-order chi connectivity index (χ0) is 19.8. The highest BCUT2D eigenvalue weighted by atomic mass is 19.1. The molecule has 2 N–H and O–H groups in total. The van der Waals surface area contributed by atoms with E-state index in [-0.39, 0.29) is 17.4 Å². The average Bonchev–Trinajstić information content (AvgIpc) is 2.74. The molecule has 0 aliphatic carbocycles. The molecule has 0 aliphatic heterocycles. The number of aromatic nitrogens is 2. The van der Waals surface area contributed by atoms with Gasteiger partial charge in [0, 0.05) is 13.1 Å². The van der Waals surface area contributed by atoms with Gasteiger partial charge in [0.25, 0.3) is 5.91 Å². The Morgan fingerprint density at radius 3 is 2.54 bits per heavy atom. The van der Waals surface area contributed by atoms with Crippen LogP contribution in [-0.4, -0.2) is 29.8 Å². The molecular formula is C21H21FN4O2. The summed E-state index contributed by atoms with van der Waals surface area (Å²) in [5.41, 5.74) is 2.19. The van der Waals surface area contributed by atoms with Gasteiger partial charge in [0.15, 0.2) is 5.69 Å². The molecule has 7 heteroatoms. The second-order valence-electron chi connectivity index (χ2n) is 6.10. The molecule has 0 unspecified atom stereocenters. The topological polar surface area (TPSA) is 76.1 Å². The van der Waals surface area contributed by atoms with Crippen molar-refractivity contribution in [3.8, 4) is 5.75 Å². The maximum absolute atomic E-state index is 12.9. The van der Waals surface area contributed by atoms with Crippen molar-refractivity contribution in [1.82, 2.24) is 15.5 Å². The van der Waals surface area contributed by atoms with E-state index >= 15 is 0 Å². The zero-order valence-corrected chi connectivity index (χ0v) is 15.5. The Kier molecular flexibility index (Phi) is 6.51. The number of hydrogen-bond donors (Lipinski definition) is 2. The van der Waals surface area contributed by atoms with Crippen molar-refractivity contribution in [3.63, 3.8) is 0 Å². The summed E-state index contributed by atoms with van der Waals surface area (Å²) in [5, 5.41) is 13.9. The van der Waals surface area contributed by atoms with Gasteiger partial charge in [-0.2, -0.15) is 0 Å². The molecule has 28 heavy (non-hydrogen) atoms. The van der Waals surface area contributed by atoms with Crippen molar-refractivity contribution in [2.75, 3.05) is 19.0 Å². The number of ether oxygens (including phenoxy) is 1. The summed E-state index contributed by atoms with van der Waals surface area (Å²) in [5.74, 6) is 0.778. The molecule has 0 saturated carbocycles. The highest BCUT2D eigenvalue weighted by Gasteiger charge is 2.09. The van der Waals surface area contributed by atoms with E-state index in [9.17, 15) is 9.18 Å². The number of benzene rings is 2. The first-order valence-corrected chi connectivity index (χ1v) is 8.88. The number of anilines is 1. The second kappa shape index (κ2) is 9.45. The lowest BCUT2D eigenvalue weighted by Crippen LogP contribution is -2.27. The Balaban J connectivity index is 1.48. The summed E-state index contributed by atoms with van der Waals surface area (Å²) < 4.78 is 18.2. The van der Waals surface area contributed by atoms with Crippen molar-refractivity contribution >= 4 is 11.7 Å². The van der Waals surface area contributed by atoms with Crippen molar-refractivity contribution in [2.45, 2.75) is 13.0 Å². The van der Waals surface area contributed by atoms with Crippen LogP contribution in [0.25, 0.3) is 0 Å². The number of amides is 1. The first kappa shape index (κ1) is 19.3. The van der Waals surface area contributed by atoms with Crippen LogP contribution in [0.3, 0.4) is 0 Å². The molecule has 1 amide bonds. The summed E-state index contributed by atoms with van der Waals surface area (Å²) in [4.78, 5) is 12.2. The molecule has 0 spiro atoms. The summed E-state index contributed by atoms with van der Waals surface area (Å²) in [6.45, 7) is 0.949. The van der Waals surface area contributed by atoms with Crippen LogP contribution in [0.15, 0.2) is 60.7 Å². The van der Waals surface area contributed by atoms with Gasteiger partial charge < -0.3 is 15.4 Å². The van der Waals surface area contributed by atoms with Gasteiger partial charge in [-0.1, -0.05) is 30.3 Å². The number of carbonyl (C=O) groups is 1. The maximum Gasteiger partial charge on any atom is 0.271 e. The summed E-state index contributed by atoms with van der Waals surface area (Å²) in [7, 11) is 1.62. The van der Waals surface area contributed by atoms with Gasteiger partial charge >= 0.3 is 0 Å². The molecule has 0 bridgehead atoms. The second-order valence-corrected chi connectivity index (χ2v) is 6.10. The number of nitrogens with one attached hydrogen (secondary N) is 2. The average molecular weight is 380 g/mol. The first-order valence-electron chi connectivity index (χ1n) is 8.88. The van der Waals surface area contributed by atoms with Crippen molar-refractivity contribution in [2.24, 2.45) is 0 Å². The van der Waals surface area contributed by atoms with Gasteiger partial charge in [-0.25, -0.2) is 4.39 Å². The third-order valence-corrected chi connectivity index (χ3v) is 4.16.